The Balaban J connectivity index is 1.39. The molecule has 4 heterocycles. The minimum absolute atomic E-state index is 0.0312. The van der Waals surface area contributed by atoms with Gasteiger partial charge in [-0.05, 0) is 45.0 Å². The number of nitrogens with zero attached hydrogens (tertiary/aromatic N) is 5. The van der Waals surface area contributed by atoms with Crippen LogP contribution in [0.25, 0.3) is 22.7 Å². The number of aromatic nitrogens is 1. The second kappa shape index (κ2) is 9.27. The minimum atomic E-state index is -0.524. The number of aromatic hydroxyl groups is 1. The first-order valence-corrected chi connectivity index (χ1v) is 11.8. The Morgan fingerprint density at radius 3 is 2.67 bits per heavy atom. The first-order valence-electron chi connectivity index (χ1n) is 11.8. The fourth-order valence-electron chi connectivity index (χ4n) is 4.34. The summed E-state index contributed by atoms with van der Waals surface area (Å²) in [4.78, 5) is 20.6. The zero-order valence-corrected chi connectivity index (χ0v) is 20.8. The summed E-state index contributed by atoms with van der Waals surface area (Å²) in [5.41, 5.74) is 2.20. The number of benzene rings is 1. The Hall–Kier alpha value is -3.92. The average Bonchev–Trinajstić information content (AvgIpc) is 3.40. The standard InChI is InChI=1S/C26H29N5O5/c1-26(2,3)36-25(33)31-12-10-30(11-13-31)15-18-20(34-4)8-7-17-22(32)21(35-23(17)18)14-19-16-6-5-9-27-24(16)29-28-19/h5-9,14,32H,10-13,15H2,1-4H3. The van der Waals surface area contributed by atoms with Gasteiger partial charge in [0.2, 0.25) is 0 Å². The molecule has 0 saturated carbocycles. The maximum atomic E-state index is 12.4. The molecule has 0 spiro atoms. The van der Waals surface area contributed by atoms with E-state index in [-0.39, 0.29) is 11.8 Å². The van der Waals surface area contributed by atoms with Crippen molar-refractivity contribution in [3.05, 3.63) is 47.3 Å². The molecule has 0 aliphatic carbocycles. The van der Waals surface area contributed by atoms with E-state index in [4.69, 9.17) is 13.9 Å². The van der Waals surface area contributed by atoms with E-state index in [1.165, 1.54) is 0 Å². The van der Waals surface area contributed by atoms with Crippen LogP contribution in [0.4, 0.5) is 10.6 Å². The molecule has 188 valence electrons. The van der Waals surface area contributed by atoms with Crippen LogP contribution in [0.5, 0.6) is 11.5 Å². The number of amides is 1. The molecule has 3 aromatic rings. The number of piperazine rings is 1. The zero-order chi connectivity index (χ0) is 25.4. The second-order valence-corrected chi connectivity index (χ2v) is 9.79. The van der Waals surface area contributed by atoms with Crippen LogP contribution in [0.3, 0.4) is 0 Å². The lowest BCUT2D eigenvalue weighted by Gasteiger charge is -2.35. The number of methoxy groups -OCH3 is 1. The molecule has 2 aliphatic rings. The monoisotopic (exact) mass is 491 g/mol. The Morgan fingerprint density at radius 1 is 1.17 bits per heavy atom. The summed E-state index contributed by atoms with van der Waals surface area (Å²) < 4.78 is 17.3. The van der Waals surface area contributed by atoms with Crippen LogP contribution < -0.4 is 4.74 Å². The highest BCUT2D eigenvalue weighted by Gasteiger charge is 2.28. The molecule has 2 aliphatic heterocycles. The fourth-order valence-corrected chi connectivity index (χ4v) is 4.34. The third-order valence-corrected chi connectivity index (χ3v) is 6.13. The summed E-state index contributed by atoms with van der Waals surface area (Å²) in [5.74, 6) is 1.52. The van der Waals surface area contributed by atoms with E-state index in [1.807, 2.05) is 39.0 Å². The topological polar surface area (TPSA) is 113 Å². The summed E-state index contributed by atoms with van der Waals surface area (Å²) in [6.45, 7) is 8.60. The van der Waals surface area contributed by atoms with Gasteiger partial charge in [0.1, 0.15) is 22.6 Å². The Kier molecular flexibility index (Phi) is 6.13. The van der Waals surface area contributed by atoms with Crippen molar-refractivity contribution < 1.29 is 23.8 Å². The first kappa shape index (κ1) is 23.8. The molecule has 1 aromatic carbocycles. The number of fused-ring (bicyclic) bond motifs is 2. The summed E-state index contributed by atoms with van der Waals surface area (Å²) in [5, 5.41) is 19.8. The van der Waals surface area contributed by atoms with Crippen LogP contribution in [0, 0.1) is 0 Å². The van der Waals surface area contributed by atoms with Crippen molar-refractivity contribution in [2.24, 2.45) is 10.2 Å². The molecule has 1 amide bonds. The highest BCUT2D eigenvalue weighted by Crippen LogP contribution is 2.41. The van der Waals surface area contributed by atoms with E-state index in [2.05, 4.69) is 20.1 Å². The number of rotatable bonds is 4. The predicted molar refractivity (Wildman–Crippen MR) is 134 cm³/mol. The minimum Gasteiger partial charge on any atom is -0.504 e. The number of pyridine rings is 1. The van der Waals surface area contributed by atoms with Crippen LogP contribution >= 0.6 is 0 Å². The smallest absolute Gasteiger partial charge is 0.410 e. The molecule has 0 bridgehead atoms. The summed E-state index contributed by atoms with van der Waals surface area (Å²) in [6.07, 6.45) is 3.03. The van der Waals surface area contributed by atoms with Gasteiger partial charge in [-0.15, -0.1) is 10.2 Å². The summed E-state index contributed by atoms with van der Waals surface area (Å²) in [6, 6.07) is 7.30. The number of hydrogen-bond donors (Lipinski definition) is 1. The van der Waals surface area contributed by atoms with Gasteiger partial charge in [-0.2, -0.15) is 0 Å². The second-order valence-electron chi connectivity index (χ2n) is 9.79. The van der Waals surface area contributed by atoms with Gasteiger partial charge in [0.05, 0.1) is 18.1 Å². The highest BCUT2D eigenvalue weighted by molar-refractivity contribution is 5.94. The molecular formula is C26H29N5O5. The summed E-state index contributed by atoms with van der Waals surface area (Å²) in [7, 11) is 1.61. The fraction of sp³-hybridized carbons (Fsp3) is 0.385. The molecule has 0 radical (unpaired) electrons. The Morgan fingerprint density at radius 2 is 1.94 bits per heavy atom. The van der Waals surface area contributed by atoms with Crippen molar-refractivity contribution in [3.8, 4) is 11.5 Å². The van der Waals surface area contributed by atoms with Gasteiger partial charge in [0, 0.05) is 50.6 Å². The number of ether oxygens (including phenoxy) is 2. The number of furan rings is 1. The lowest BCUT2D eigenvalue weighted by molar-refractivity contribution is 0.0138. The van der Waals surface area contributed by atoms with Gasteiger partial charge in [0.15, 0.2) is 17.3 Å². The molecule has 1 saturated heterocycles. The molecule has 0 unspecified atom stereocenters. The first-order chi connectivity index (χ1) is 17.2. The van der Waals surface area contributed by atoms with Gasteiger partial charge in [0.25, 0.3) is 0 Å². The van der Waals surface area contributed by atoms with Gasteiger partial charge in [-0.25, -0.2) is 9.78 Å². The molecule has 2 aromatic heterocycles. The summed E-state index contributed by atoms with van der Waals surface area (Å²) >= 11 is 0. The third-order valence-electron chi connectivity index (χ3n) is 6.13. The predicted octanol–water partition coefficient (Wildman–Crippen LogP) is 5.19. The van der Waals surface area contributed by atoms with E-state index in [9.17, 15) is 9.90 Å². The molecule has 10 heteroatoms. The SMILES string of the molecule is COc1ccc2c(O)c(C=C3N=Nc4ncccc43)oc2c1CN1CCN(C(=O)OC(C)(C)C)CC1. The van der Waals surface area contributed by atoms with Crippen LogP contribution in [-0.2, 0) is 11.3 Å². The Labute approximate surface area is 208 Å². The lowest BCUT2D eigenvalue weighted by Crippen LogP contribution is -2.49. The van der Waals surface area contributed by atoms with E-state index in [0.29, 0.717) is 66.7 Å². The van der Waals surface area contributed by atoms with E-state index in [0.717, 1.165) is 11.1 Å². The van der Waals surface area contributed by atoms with Crippen molar-refractivity contribution in [2.75, 3.05) is 33.3 Å². The van der Waals surface area contributed by atoms with Crippen LogP contribution in [0.2, 0.25) is 0 Å². The maximum absolute atomic E-state index is 12.4. The average molecular weight is 492 g/mol. The van der Waals surface area contributed by atoms with Crippen molar-refractivity contribution >= 4 is 34.7 Å². The maximum Gasteiger partial charge on any atom is 0.410 e. The van der Waals surface area contributed by atoms with Crippen LogP contribution in [0.1, 0.15) is 37.7 Å². The van der Waals surface area contributed by atoms with E-state index in [1.54, 1.807) is 30.3 Å². The molecule has 5 rings (SSSR count). The van der Waals surface area contributed by atoms with Crippen molar-refractivity contribution in [1.82, 2.24) is 14.8 Å². The number of azo groups is 1. The molecule has 0 atom stereocenters. The van der Waals surface area contributed by atoms with Crippen LogP contribution in [-0.4, -0.2) is 64.9 Å². The molecular weight excluding hydrogens is 462 g/mol. The Bertz CT molecular complexity index is 1360. The van der Waals surface area contributed by atoms with Gasteiger partial charge < -0.3 is 23.9 Å². The molecule has 1 fully saturated rings. The molecule has 10 nitrogen and oxygen atoms in total. The van der Waals surface area contributed by atoms with Crippen molar-refractivity contribution in [2.45, 2.75) is 32.9 Å². The molecule has 1 N–H and O–H groups in total. The lowest BCUT2D eigenvalue weighted by atomic mass is 10.1. The largest absolute Gasteiger partial charge is 0.504 e. The van der Waals surface area contributed by atoms with E-state index < -0.39 is 5.60 Å². The third kappa shape index (κ3) is 4.64. The van der Waals surface area contributed by atoms with Crippen molar-refractivity contribution in [3.63, 3.8) is 0 Å². The van der Waals surface area contributed by atoms with Gasteiger partial charge >= 0.3 is 6.09 Å². The number of carbonyl (C=O) groups excluding carboxylic acids is 1. The number of hydrogen-bond acceptors (Lipinski definition) is 9. The van der Waals surface area contributed by atoms with Crippen molar-refractivity contribution in [1.29, 1.82) is 0 Å². The van der Waals surface area contributed by atoms with Gasteiger partial charge in [-0.3, -0.25) is 4.90 Å². The normalized spacial score (nSPS) is 17.1. The van der Waals surface area contributed by atoms with E-state index >= 15 is 0 Å². The zero-order valence-electron chi connectivity index (χ0n) is 20.8. The quantitative estimate of drug-likeness (QED) is 0.534. The van der Waals surface area contributed by atoms with Crippen LogP contribution in [0.15, 0.2) is 45.1 Å². The van der Waals surface area contributed by atoms with Gasteiger partial charge in [-0.1, -0.05) is 0 Å². The highest BCUT2D eigenvalue weighted by atomic mass is 16.6. The number of carbonyl (C=O) groups is 1. The molecule has 36 heavy (non-hydrogen) atoms.